The molecule has 0 amide bonds. The van der Waals surface area contributed by atoms with E-state index >= 15 is 0 Å². The molecule has 1 aliphatic carbocycles. The summed E-state index contributed by atoms with van der Waals surface area (Å²) >= 11 is 0. The summed E-state index contributed by atoms with van der Waals surface area (Å²) < 4.78 is 5.33. The first kappa shape index (κ1) is 10.4. The summed E-state index contributed by atoms with van der Waals surface area (Å²) in [4.78, 5) is 0. The average Bonchev–Trinajstić information content (AvgIpc) is 2.74. The van der Waals surface area contributed by atoms with Crippen LogP contribution in [0.1, 0.15) is 32.6 Å². The molecule has 1 heterocycles. The molecule has 0 radical (unpaired) electrons. The van der Waals surface area contributed by atoms with Gasteiger partial charge in [0.2, 0.25) is 0 Å². The molecule has 2 aliphatic rings. The zero-order valence-corrected chi connectivity index (χ0v) is 8.96. The molecule has 0 aromatic carbocycles. The van der Waals surface area contributed by atoms with E-state index in [2.05, 4.69) is 6.92 Å². The third kappa shape index (κ3) is 1.38. The molecule has 1 saturated carbocycles. The number of hydrogen-bond acceptors (Lipinski definition) is 3. The predicted octanol–water partition coefficient (Wildman–Crippen LogP) is 0.903. The van der Waals surface area contributed by atoms with Gasteiger partial charge in [0.15, 0.2) is 0 Å². The van der Waals surface area contributed by atoms with Crippen LogP contribution in [0.5, 0.6) is 0 Å². The van der Waals surface area contributed by atoms with Crippen molar-refractivity contribution in [2.45, 2.75) is 38.2 Å². The van der Waals surface area contributed by atoms with Crippen molar-refractivity contribution < 1.29 is 9.84 Å². The molecule has 0 bridgehead atoms. The molecular formula is C11H21NO2. The average molecular weight is 199 g/mol. The van der Waals surface area contributed by atoms with Crippen molar-refractivity contribution in [2.24, 2.45) is 17.1 Å². The van der Waals surface area contributed by atoms with Crippen LogP contribution < -0.4 is 5.73 Å². The van der Waals surface area contributed by atoms with E-state index in [4.69, 9.17) is 10.5 Å². The maximum absolute atomic E-state index is 10.6. The molecule has 3 heteroatoms. The Morgan fingerprint density at radius 1 is 1.50 bits per heavy atom. The summed E-state index contributed by atoms with van der Waals surface area (Å²) in [6, 6.07) is 0. The van der Waals surface area contributed by atoms with Gasteiger partial charge in [0, 0.05) is 25.0 Å². The summed E-state index contributed by atoms with van der Waals surface area (Å²) in [7, 11) is 0. The molecule has 14 heavy (non-hydrogen) atoms. The molecule has 1 aliphatic heterocycles. The fourth-order valence-corrected chi connectivity index (χ4v) is 3.16. The van der Waals surface area contributed by atoms with Crippen LogP contribution in [0.4, 0.5) is 0 Å². The zero-order valence-electron chi connectivity index (χ0n) is 8.96. The first-order chi connectivity index (χ1) is 6.62. The maximum Gasteiger partial charge on any atom is 0.0969 e. The monoisotopic (exact) mass is 199 g/mol. The molecule has 82 valence electrons. The fraction of sp³-hybridized carbons (Fsp3) is 1.00. The topological polar surface area (TPSA) is 55.5 Å². The first-order valence-electron chi connectivity index (χ1n) is 5.62. The van der Waals surface area contributed by atoms with Gasteiger partial charge in [-0.25, -0.2) is 0 Å². The second-order valence-electron chi connectivity index (χ2n) is 5.17. The largest absolute Gasteiger partial charge is 0.387 e. The Bertz CT molecular complexity index is 213. The second kappa shape index (κ2) is 3.47. The lowest BCUT2D eigenvalue weighted by atomic mass is 9.69. The normalized spacial score (nSPS) is 48.6. The minimum Gasteiger partial charge on any atom is -0.387 e. The summed E-state index contributed by atoms with van der Waals surface area (Å²) in [6.45, 7) is 4.01. The Kier molecular flexibility index (Phi) is 2.58. The Balaban J connectivity index is 2.19. The van der Waals surface area contributed by atoms with Crippen LogP contribution in [0.15, 0.2) is 0 Å². The smallest absolute Gasteiger partial charge is 0.0969 e. The van der Waals surface area contributed by atoms with Crippen molar-refractivity contribution in [2.75, 3.05) is 19.8 Å². The van der Waals surface area contributed by atoms with Gasteiger partial charge in [-0.15, -0.1) is 0 Å². The third-order valence-corrected chi connectivity index (χ3v) is 4.23. The minimum atomic E-state index is -0.646. The van der Waals surface area contributed by atoms with Crippen molar-refractivity contribution >= 4 is 0 Å². The fourth-order valence-electron chi connectivity index (χ4n) is 3.16. The van der Waals surface area contributed by atoms with Crippen LogP contribution in [0, 0.1) is 11.3 Å². The highest BCUT2D eigenvalue weighted by molar-refractivity contribution is 5.05. The standard InChI is InChI=1S/C11H21NO2/c1-9-2-3-10(6-9,7-12)11(13)4-5-14-8-11/h9,13H,2-8,12H2,1H3. The zero-order chi connectivity index (χ0) is 10.2. The van der Waals surface area contributed by atoms with E-state index in [-0.39, 0.29) is 5.41 Å². The highest BCUT2D eigenvalue weighted by Crippen LogP contribution is 2.51. The van der Waals surface area contributed by atoms with Crippen LogP contribution in [-0.4, -0.2) is 30.5 Å². The van der Waals surface area contributed by atoms with Crippen molar-refractivity contribution in [3.63, 3.8) is 0 Å². The number of nitrogens with two attached hydrogens (primary N) is 1. The van der Waals surface area contributed by atoms with Gasteiger partial charge >= 0.3 is 0 Å². The van der Waals surface area contributed by atoms with Crippen LogP contribution in [-0.2, 0) is 4.74 Å². The Morgan fingerprint density at radius 2 is 2.29 bits per heavy atom. The Labute approximate surface area is 85.6 Å². The molecule has 3 N–H and O–H groups in total. The number of hydrogen-bond donors (Lipinski definition) is 2. The quantitative estimate of drug-likeness (QED) is 0.695. The van der Waals surface area contributed by atoms with Gasteiger partial charge in [0.1, 0.15) is 0 Å². The molecule has 3 unspecified atom stereocenters. The molecule has 0 aromatic heterocycles. The third-order valence-electron chi connectivity index (χ3n) is 4.23. The molecule has 0 spiro atoms. The molecule has 2 rings (SSSR count). The highest BCUT2D eigenvalue weighted by atomic mass is 16.5. The molecular weight excluding hydrogens is 178 g/mol. The van der Waals surface area contributed by atoms with Gasteiger partial charge in [-0.2, -0.15) is 0 Å². The molecule has 3 atom stereocenters. The van der Waals surface area contributed by atoms with Gasteiger partial charge in [-0.1, -0.05) is 13.3 Å². The van der Waals surface area contributed by atoms with Gasteiger partial charge in [-0.05, 0) is 18.8 Å². The van der Waals surface area contributed by atoms with E-state index in [9.17, 15) is 5.11 Å². The SMILES string of the molecule is CC1CCC(CN)(C2(O)CCOC2)C1. The Hall–Kier alpha value is -0.120. The van der Waals surface area contributed by atoms with E-state index < -0.39 is 5.60 Å². The van der Waals surface area contributed by atoms with Gasteiger partial charge in [0.05, 0.1) is 12.2 Å². The second-order valence-corrected chi connectivity index (χ2v) is 5.17. The van der Waals surface area contributed by atoms with E-state index in [0.29, 0.717) is 25.7 Å². The van der Waals surface area contributed by atoms with E-state index in [0.717, 1.165) is 19.3 Å². The van der Waals surface area contributed by atoms with Gasteiger partial charge < -0.3 is 15.6 Å². The molecule has 2 fully saturated rings. The van der Waals surface area contributed by atoms with Crippen molar-refractivity contribution in [3.05, 3.63) is 0 Å². The molecule has 1 saturated heterocycles. The predicted molar refractivity (Wildman–Crippen MR) is 54.9 cm³/mol. The van der Waals surface area contributed by atoms with Crippen LogP contribution in [0.2, 0.25) is 0 Å². The van der Waals surface area contributed by atoms with E-state index in [1.807, 2.05) is 0 Å². The molecule has 0 aromatic rings. The van der Waals surface area contributed by atoms with Gasteiger partial charge in [0.25, 0.3) is 0 Å². The summed E-state index contributed by atoms with van der Waals surface area (Å²) in [5.41, 5.74) is 5.17. The Morgan fingerprint density at radius 3 is 2.71 bits per heavy atom. The summed E-state index contributed by atoms with van der Waals surface area (Å²) in [5.74, 6) is 0.697. The lowest BCUT2D eigenvalue weighted by molar-refractivity contribution is -0.0815. The van der Waals surface area contributed by atoms with Crippen molar-refractivity contribution in [1.29, 1.82) is 0 Å². The van der Waals surface area contributed by atoms with Gasteiger partial charge in [-0.3, -0.25) is 0 Å². The van der Waals surface area contributed by atoms with Crippen molar-refractivity contribution in [1.82, 2.24) is 0 Å². The molecule has 3 nitrogen and oxygen atoms in total. The maximum atomic E-state index is 10.6. The van der Waals surface area contributed by atoms with Crippen LogP contribution >= 0.6 is 0 Å². The number of rotatable bonds is 2. The summed E-state index contributed by atoms with van der Waals surface area (Å²) in [5, 5.41) is 10.6. The number of ether oxygens (including phenoxy) is 1. The summed E-state index contributed by atoms with van der Waals surface area (Å²) in [6.07, 6.45) is 4.07. The first-order valence-corrected chi connectivity index (χ1v) is 5.62. The van der Waals surface area contributed by atoms with Crippen LogP contribution in [0.3, 0.4) is 0 Å². The lowest BCUT2D eigenvalue weighted by Gasteiger charge is -2.41. The minimum absolute atomic E-state index is 0.0666. The van der Waals surface area contributed by atoms with Crippen molar-refractivity contribution in [3.8, 4) is 0 Å². The lowest BCUT2D eigenvalue weighted by Crippen LogP contribution is -2.51. The van der Waals surface area contributed by atoms with E-state index in [1.54, 1.807) is 0 Å². The highest BCUT2D eigenvalue weighted by Gasteiger charge is 2.54. The van der Waals surface area contributed by atoms with Crippen LogP contribution in [0.25, 0.3) is 0 Å². The van der Waals surface area contributed by atoms with E-state index in [1.165, 1.54) is 6.42 Å². The number of aliphatic hydroxyl groups is 1.